The maximum Gasteiger partial charge on any atom is 0.245 e. The molecule has 0 aliphatic carbocycles. The predicted molar refractivity (Wildman–Crippen MR) is 253 cm³/mol. The molecule has 4 N–H and O–H groups in total. The minimum atomic E-state index is -0.852. The predicted octanol–water partition coefficient (Wildman–Crippen LogP) is 5.44. The Morgan fingerprint density at radius 1 is 0.823 bits per heavy atom. The zero-order chi connectivity index (χ0) is 46.3. The number of likely N-dealkylation sites (tertiary alicyclic amines) is 1. The Labute approximate surface area is 384 Å². The van der Waals surface area contributed by atoms with Gasteiger partial charge in [-0.15, -0.1) is 0 Å². The highest BCUT2D eigenvalue weighted by molar-refractivity contribution is 14.1. The highest BCUT2D eigenvalue weighted by Gasteiger charge is 2.43. The van der Waals surface area contributed by atoms with Gasteiger partial charge in [-0.2, -0.15) is 0 Å². The van der Waals surface area contributed by atoms with Crippen LogP contribution in [-0.2, 0) is 46.4 Å². The average molecular weight is 976 g/mol. The Balaban J connectivity index is 1.79. The smallest absolute Gasteiger partial charge is 0.245 e. The SMILES string of the molecule is CC[C@H](C)[C@@H]([C@@H](CC(=O)N1CCC[C@H]1[C@H](OC)[C@@H](C)C(=O)N[C@@H](Cc1ccccc1)C(=O)NCc1ccc(NI)cc1)OC)N(C)C(=O)[C@@H](NC(=O)[C@H](C(C)C)N(C)C)C(C)C. The Hall–Kier alpha value is -3.80. The summed E-state index contributed by atoms with van der Waals surface area (Å²) >= 11 is 2.07. The number of carbonyl (C=O) groups is 5. The van der Waals surface area contributed by atoms with E-state index in [9.17, 15) is 24.0 Å². The Morgan fingerprint density at radius 2 is 1.47 bits per heavy atom. The molecule has 14 nitrogen and oxygen atoms in total. The average Bonchev–Trinajstić information content (AvgIpc) is 3.73. The van der Waals surface area contributed by atoms with Crippen molar-refractivity contribution in [2.45, 2.75) is 130 Å². The van der Waals surface area contributed by atoms with Crippen molar-refractivity contribution in [1.82, 2.24) is 30.7 Å². The molecule has 2 aromatic carbocycles. The number of nitrogens with zero attached hydrogens (tertiary/aromatic N) is 3. The number of benzene rings is 2. The second kappa shape index (κ2) is 25.5. The number of hydrogen-bond acceptors (Lipinski definition) is 9. The number of hydrogen-bond donors (Lipinski definition) is 4. The Morgan fingerprint density at radius 3 is 2.00 bits per heavy atom. The highest BCUT2D eigenvalue weighted by Crippen LogP contribution is 2.30. The lowest BCUT2D eigenvalue weighted by molar-refractivity contribution is -0.148. The van der Waals surface area contributed by atoms with Crippen molar-refractivity contribution < 1.29 is 33.4 Å². The zero-order valence-electron chi connectivity index (χ0n) is 39.1. The first-order valence-electron chi connectivity index (χ1n) is 22.1. The number of nitrogens with one attached hydrogen (secondary N) is 4. The van der Waals surface area contributed by atoms with Crippen molar-refractivity contribution in [1.29, 1.82) is 0 Å². The van der Waals surface area contributed by atoms with Crippen molar-refractivity contribution >= 4 is 58.1 Å². The fourth-order valence-corrected chi connectivity index (χ4v) is 9.13. The lowest BCUT2D eigenvalue weighted by Gasteiger charge is -2.41. The second-order valence-electron chi connectivity index (χ2n) is 17.7. The number of amides is 5. The Kier molecular flexibility index (Phi) is 21.6. The van der Waals surface area contributed by atoms with Gasteiger partial charge in [0.1, 0.15) is 12.1 Å². The van der Waals surface area contributed by atoms with Crippen LogP contribution in [0.15, 0.2) is 54.6 Å². The van der Waals surface area contributed by atoms with Gasteiger partial charge in [-0.3, -0.25) is 28.9 Å². The minimum absolute atomic E-state index is 0.00201. The number of methoxy groups -OCH3 is 2. The molecule has 1 fully saturated rings. The third-order valence-electron chi connectivity index (χ3n) is 12.4. The molecule has 346 valence electrons. The summed E-state index contributed by atoms with van der Waals surface area (Å²) < 4.78 is 15.2. The van der Waals surface area contributed by atoms with Crippen LogP contribution in [0.5, 0.6) is 0 Å². The van der Waals surface area contributed by atoms with Crippen LogP contribution in [0, 0.1) is 23.7 Å². The van der Waals surface area contributed by atoms with Crippen molar-refractivity contribution in [3.63, 3.8) is 0 Å². The van der Waals surface area contributed by atoms with Gasteiger partial charge in [-0.25, -0.2) is 0 Å². The van der Waals surface area contributed by atoms with Crippen LogP contribution in [0.3, 0.4) is 0 Å². The van der Waals surface area contributed by atoms with Crippen molar-refractivity contribution in [2.24, 2.45) is 23.7 Å². The van der Waals surface area contributed by atoms with Gasteiger partial charge in [-0.1, -0.05) is 97.4 Å². The van der Waals surface area contributed by atoms with E-state index in [0.29, 0.717) is 25.9 Å². The van der Waals surface area contributed by atoms with Crippen molar-refractivity contribution in [2.75, 3.05) is 45.4 Å². The molecule has 5 amide bonds. The van der Waals surface area contributed by atoms with E-state index < -0.39 is 48.3 Å². The third-order valence-corrected chi connectivity index (χ3v) is 13.0. The summed E-state index contributed by atoms with van der Waals surface area (Å²) in [6.07, 6.45) is 1.07. The van der Waals surface area contributed by atoms with E-state index in [2.05, 4.69) is 42.3 Å². The molecule has 0 aromatic heterocycles. The standard InChI is InChI=1S/C47H74IN7O7/c1-13-31(6)42(54(10)47(60)40(29(2)3)51-46(59)41(30(4)5)53(8)9)38(61-11)27-39(56)55-25-17-20-37(55)43(62-12)32(7)44(57)50-36(26-33-18-15-14-16-19-33)45(58)49-28-34-21-23-35(52-48)24-22-34/h14-16,18-19,21-24,29-32,36-38,40-43,52H,13,17,20,25-28H2,1-12H3,(H,49,58)(H,50,57)(H,51,59)/t31-,32+,36-,37-,38+,40-,41-,42-,43+/m0/s1. The monoisotopic (exact) mass is 975 g/mol. The zero-order valence-corrected chi connectivity index (χ0v) is 41.2. The van der Waals surface area contributed by atoms with Gasteiger partial charge in [0.2, 0.25) is 29.5 Å². The molecule has 15 heteroatoms. The van der Waals surface area contributed by atoms with E-state index in [1.807, 2.05) is 115 Å². The van der Waals surface area contributed by atoms with Crippen LogP contribution in [0.2, 0.25) is 0 Å². The molecular weight excluding hydrogens is 901 g/mol. The number of carbonyl (C=O) groups excluding carboxylic acids is 5. The summed E-state index contributed by atoms with van der Waals surface area (Å²) in [4.78, 5) is 75.3. The molecule has 1 aliphatic rings. The molecular formula is C47H74IN7O7. The number of anilines is 1. The van der Waals surface area contributed by atoms with Crippen LogP contribution in [0.1, 0.15) is 85.3 Å². The van der Waals surface area contributed by atoms with Gasteiger partial charge in [0, 0.05) is 46.5 Å². The first-order valence-corrected chi connectivity index (χ1v) is 23.1. The first kappa shape index (κ1) is 52.5. The van der Waals surface area contributed by atoms with Gasteiger partial charge in [0.25, 0.3) is 0 Å². The molecule has 0 bridgehead atoms. The van der Waals surface area contributed by atoms with E-state index >= 15 is 0 Å². The molecule has 3 rings (SSSR count). The topological polar surface area (TPSA) is 162 Å². The van der Waals surface area contributed by atoms with Crippen LogP contribution in [0.25, 0.3) is 0 Å². The number of halogens is 1. The molecule has 0 radical (unpaired) electrons. The summed E-state index contributed by atoms with van der Waals surface area (Å²) in [5, 5.41) is 9.06. The van der Waals surface area contributed by atoms with Crippen molar-refractivity contribution in [3.05, 3.63) is 65.7 Å². The molecule has 0 saturated carbocycles. The van der Waals surface area contributed by atoms with Gasteiger partial charge in [0.15, 0.2) is 0 Å². The van der Waals surface area contributed by atoms with Gasteiger partial charge in [0.05, 0.1) is 65.5 Å². The van der Waals surface area contributed by atoms with Gasteiger partial charge >= 0.3 is 0 Å². The molecule has 2 aromatic rings. The fourth-order valence-electron chi connectivity index (χ4n) is 8.77. The Bertz CT molecular complexity index is 1720. The molecule has 62 heavy (non-hydrogen) atoms. The van der Waals surface area contributed by atoms with Gasteiger partial charge in [-0.05, 0) is 68.0 Å². The normalized spacial score (nSPS) is 18.0. The van der Waals surface area contributed by atoms with Crippen molar-refractivity contribution in [3.8, 4) is 0 Å². The minimum Gasteiger partial charge on any atom is -0.379 e. The summed E-state index contributed by atoms with van der Waals surface area (Å²) in [6, 6.07) is 14.4. The number of rotatable bonds is 24. The summed E-state index contributed by atoms with van der Waals surface area (Å²) in [7, 11) is 8.55. The largest absolute Gasteiger partial charge is 0.379 e. The molecule has 9 atom stereocenters. The maximum absolute atomic E-state index is 14.4. The van der Waals surface area contributed by atoms with Gasteiger partial charge < -0.3 is 38.8 Å². The van der Waals surface area contributed by atoms with Crippen LogP contribution < -0.4 is 19.5 Å². The second-order valence-corrected chi connectivity index (χ2v) is 18.3. The molecule has 1 aliphatic heterocycles. The number of likely N-dealkylation sites (N-methyl/N-ethyl adjacent to an activating group) is 2. The lowest BCUT2D eigenvalue weighted by atomic mass is 9.89. The molecule has 0 spiro atoms. The van der Waals surface area contributed by atoms with E-state index in [1.165, 1.54) is 0 Å². The van der Waals surface area contributed by atoms with Crippen LogP contribution in [-0.4, -0.2) is 129 Å². The van der Waals surface area contributed by atoms with E-state index in [1.54, 1.807) is 38.0 Å². The lowest BCUT2D eigenvalue weighted by Crippen LogP contribution is -2.59. The number of ether oxygens (including phenoxy) is 2. The molecule has 1 heterocycles. The molecule has 1 saturated heterocycles. The fraction of sp³-hybridized carbons (Fsp3) is 0.638. The van der Waals surface area contributed by atoms with Crippen LogP contribution >= 0.6 is 22.9 Å². The van der Waals surface area contributed by atoms with E-state index in [-0.39, 0.29) is 53.7 Å². The van der Waals surface area contributed by atoms with Crippen LogP contribution in [0.4, 0.5) is 5.69 Å². The summed E-state index contributed by atoms with van der Waals surface area (Å²) in [5.74, 6) is -2.18. The summed E-state index contributed by atoms with van der Waals surface area (Å²) in [6.45, 7) is 14.4. The molecule has 0 unspecified atom stereocenters. The van der Waals surface area contributed by atoms with E-state index in [4.69, 9.17) is 9.47 Å². The maximum atomic E-state index is 14.4. The first-order chi connectivity index (χ1) is 29.4. The van der Waals surface area contributed by atoms with E-state index in [0.717, 1.165) is 29.7 Å². The third kappa shape index (κ3) is 14.4. The summed E-state index contributed by atoms with van der Waals surface area (Å²) in [5.41, 5.74) is 2.77. The highest BCUT2D eigenvalue weighted by atomic mass is 127. The quantitative estimate of drug-likeness (QED) is 0.0794.